The lowest BCUT2D eigenvalue weighted by molar-refractivity contribution is 0.0580. The van der Waals surface area contributed by atoms with Gasteiger partial charge in [-0.1, -0.05) is 20.3 Å². The van der Waals surface area contributed by atoms with Crippen molar-refractivity contribution < 1.29 is 4.74 Å². The second-order valence-electron chi connectivity index (χ2n) is 5.33. The molecule has 1 atom stereocenters. The Balaban J connectivity index is 1.91. The second-order valence-corrected chi connectivity index (χ2v) is 5.33. The van der Waals surface area contributed by atoms with E-state index in [0.717, 1.165) is 25.7 Å². The fourth-order valence-electron chi connectivity index (χ4n) is 2.66. The lowest BCUT2D eigenvalue weighted by Gasteiger charge is -2.42. The first-order valence-electron chi connectivity index (χ1n) is 6.04. The van der Waals surface area contributed by atoms with Crippen LogP contribution in [0.3, 0.4) is 0 Å². The van der Waals surface area contributed by atoms with Crippen LogP contribution in [0.25, 0.3) is 0 Å². The van der Waals surface area contributed by atoms with Gasteiger partial charge in [0, 0.05) is 24.6 Å². The average Bonchev–Trinajstić information content (AvgIpc) is 2.47. The van der Waals surface area contributed by atoms with Crippen LogP contribution in [0.15, 0.2) is 0 Å². The zero-order chi connectivity index (χ0) is 10.0. The minimum atomic E-state index is 0.489. The Morgan fingerprint density at radius 2 is 2.21 bits per heavy atom. The Hall–Kier alpha value is -0.0800. The fourth-order valence-corrected chi connectivity index (χ4v) is 2.66. The Kier molecular flexibility index (Phi) is 3.13. The van der Waals surface area contributed by atoms with Crippen LogP contribution in [0.4, 0.5) is 0 Å². The van der Waals surface area contributed by atoms with E-state index in [1.54, 1.807) is 0 Å². The molecular formula is C12H23NO. The molecule has 1 saturated heterocycles. The van der Waals surface area contributed by atoms with Gasteiger partial charge in [0.15, 0.2) is 0 Å². The Morgan fingerprint density at radius 3 is 2.64 bits per heavy atom. The van der Waals surface area contributed by atoms with Crippen molar-refractivity contribution in [2.45, 2.75) is 45.6 Å². The van der Waals surface area contributed by atoms with Gasteiger partial charge in [-0.25, -0.2) is 0 Å². The summed E-state index contributed by atoms with van der Waals surface area (Å²) in [6.07, 6.45) is 5.58. The molecule has 0 radical (unpaired) electrons. The van der Waals surface area contributed by atoms with E-state index in [0.29, 0.717) is 11.5 Å². The number of hydrogen-bond acceptors (Lipinski definition) is 2. The SMILES string of the molecule is CC(C)NCC1(C2CCC2)CCOC1. The number of rotatable bonds is 4. The highest BCUT2D eigenvalue weighted by Crippen LogP contribution is 2.46. The van der Waals surface area contributed by atoms with Crippen molar-refractivity contribution in [2.75, 3.05) is 19.8 Å². The molecule has 14 heavy (non-hydrogen) atoms. The normalized spacial score (nSPS) is 33.6. The van der Waals surface area contributed by atoms with E-state index in [1.165, 1.54) is 25.7 Å². The molecule has 0 aromatic carbocycles. The molecule has 2 heteroatoms. The molecule has 0 aromatic heterocycles. The highest BCUT2D eigenvalue weighted by molar-refractivity contribution is 4.95. The first-order chi connectivity index (χ1) is 6.73. The molecule has 1 heterocycles. The van der Waals surface area contributed by atoms with Gasteiger partial charge in [0.05, 0.1) is 6.61 Å². The minimum absolute atomic E-state index is 0.489. The lowest BCUT2D eigenvalue weighted by atomic mass is 9.64. The van der Waals surface area contributed by atoms with Gasteiger partial charge in [0.2, 0.25) is 0 Å². The molecular weight excluding hydrogens is 174 g/mol. The summed E-state index contributed by atoms with van der Waals surface area (Å²) >= 11 is 0. The Bertz CT molecular complexity index is 181. The van der Waals surface area contributed by atoms with Crippen molar-refractivity contribution in [2.24, 2.45) is 11.3 Å². The van der Waals surface area contributed by atoms with Gasteiger partial charge in [-0.05, 0) is 25.2 Å². The zero-order valence-corrected chi connectivity index (χ0v) is 9.51. The largest absolute Gasteiger partial charge is 0.381 e. The smallest absolute Gasteiger partial charge is 0.0538 e. The minimum Gasteiger partial charge on any atom is -0.381 e. The van der Waals surface area contributed by atoms with Crippen LogP contribution in [-0.4, -0.2) is 25.8 Å². The molecule has 2 rings (SSSR count). The number of hydrogen-bond donors (Lipinski definition) is 1. The number of ether oxygens (including phenoxy) is 1. The molecule has 2 aliphatic rings. The highest BCUT2D eigenvalue weighted by atomic mass is 16.5. The third-order valence-corrected chi connectivity index (χ3v) is 3.97. The van der Waals surface area contributed by atoms with Gasteiger partial charge in [0.1, 0.15) is 0 Å². The molecule has 1 N–H and O–H groups in total. The summed E-state index contributed by atoms with van der Waals surface area (Å²) in [5.74, 6) is 0.941. The van der Waals surface area contributed by atoms with Crippen LogP contribution in [0, 0.1) is 11.3 Å². The molecule has 2 nitrogen and oxygen atoms in total. The van der Waals surface area contributed by atoms with Crippen LogP contribution in [-0.2, 0) is 4.74 Å². The van der Waals surface area contributed by atoms with Crippen LogP contribution < -0.4 is 5.32 Å². The van der Waals surface area contributed by atoms with Gasteiger partial charge in [-0.3, -0.25) is 0 Å². The summed E-state index contributed by atoms with van der Waals surface area (Å²) in [6.45, 7) is 7.59. The number of nitrogens with one attached hydrogen (secondary N) is 1. The second kappa shape index (κ2) is 4.19. The molecule has 82 valence electrons. The maximum atomic E-state index is 5.61. The topological polar surface area (TPSA) is 21.3 Å². The highest BCUT2D eigenvalue weighted by Gasteiger charge is 2.44. The summed E-state index contributed by atoms with van der Waals surface area (Å²) in [7, 11) is 0. The fraction of sp³-hybridized carbons (Fsp3) is 1.00. The van der Waals surface area contributed by atoms with Gasteiger partial charge in [-0.2, -0.15) is 0 Å². The Labute approximate surface area is 87.4 Å². The summed E-state index contributed by atoms with van der Waals surface area (Å²) in [5, 5.41) is 3.60. The van der Waals surface area contributed by atoms with Crippen LogP contribution in [0.5, 0.6) is 0 Å². The summed E-state index contributed by atoms with van der Waals surface area (Å²) in [5.41, 5.74) is 0.489. The van der Waals surface area contributed by atoms with E-state index in [-0.39, 0.29) is 0 Å². The van der Waals surface area contributed by atoms with E-state index in [4.69, 9.17) is 4.74 Å². The maximum absolute atomic E-state index is 5.61. The molecule has 1 saturated carbocycles. The third kappa shape index (κ3) is 1.96. The predicted molar refractivity (Wildman–Crippen MR) is 58.3 cm³/mol. The van der Waals surface area contributed by atoms with E-state index < -0.39 is 0 Å². The van der Waals surface area contributed by atoms with Crippen molar-refractivity contribution >= 4 is 0 Å². The van der Waals surface area contributed by atoms with Crippen molar-refractivity contribution in [1.29, 1.82) is 0 Å². The monoisotopic (exact) mass is 197 g/mol. The van der Waals surface area contributed by atoms with E-state index >= 15 is 0 Å². The van der Waals surface area contributed by atoms with E-state index in [1.807, 2.05) is 0 Å². The molecule has 0 amide bonds. The summed E-state index contributed by atoms with van der Waals surface area (Å²) in [4.78, 5) is 0. The van der Waals surface area contributed by atoms with Crippen molar-refractivity contribution in [3.63, 3.8) is 0 Å². The van der Waals surface area contributed by atoms with Crippen molar-refractivity contribution in [3.8, 4) is 0 Å². The quantitative estimate of drug-likeness (QED) is 0.746. The summed E-state index contributed by atoms with van der Waals surface area (Å²) < 4.78 is 5.61. The molecule has 0 bridgehead atoms. The maximum Gasteiger partial charge on any atom is 0.0538 e. The first kappa shape index (κ1) is 10.4. The molecule has 0 spiro atoms. The van der Waals surface area contributed by atoms with E-state index in [9.17, 15) is 0 Å². The van der Waals surface area contributed by atoms with Gasteiger partial charge in [0.25, 0.3) is 0 Å². The Morgan fingerprint density at radius 1 is 1.43 bits per heavy atom. The first-order valence-corrected chi connectivity index (χ1v) is 6.04. The molecule has 1 aliphatic heterocycles. The van der Waals surface area contributed by atoms with Crippen molar-refractivity contribution in [1.82, 2.24) is 5.32 Å². The predicted octanol–water partition coefficient (Wildman–Crippen LogP) is 2.19. The molecule has 1 aliphatic carbocycles. The van der Waals surface area contributed by atoms with Crippen LogP contribution in [0.2, 0.25) is 0 Å². The molecule has 2 fully saturated rings. The summed E-state index contributed by atoms with van der Waals surface area (Å²) in [6, 6.07) is 0.604. The third-order valence-electron chi connectivity index (χ3n) is 3.97. The standard InChI is InChI=1S/C12H23NO/c1-10(2)13-8-12(6-7-14-9-12)11-4-3-5-11/h10-11,13H,3-9H2,1-2H3. The van der Waals surface area contributed by atoms with Gasteiger partial charge < -0.3 is 10.1 Å². The van der Waals surface area contributed by atoms with Crippen LogP contribution in [0.1, 0.15) is 39.5 Å². The van der Waals surface area contributed by atoms with Gasteiger partial charge in [-0.15, -0.1) is 0 Å². The average molecular weight is 197 g/mol. The van der Waals surface area contributed by atoms with Gasteiger partial charge >= 0.3 is 0 Å². The molecule has 0 aromatic rings. The van der Waals surface area contributed by atoms with Crippen LogP contribution >= 0.6 is 0 Å². The molecule has 1 unspecified atom stereocenters. The zero-order valence-electron chi connectivity index (χ0n) is 9.51. The lowest BCUT2D eigenvalue weighted by Crippen LogP contribution is -2.45. The van der Waals surface area contributed by atoms with E-state index in [2.05, 4.69) is 19.2 Å². The van der Waals surface area contributed by atoms with Crippen molar-refractivity contribution in [3.05, 3.63) is 0 Å².